The largest absolute Gasteiger partial charge is 0.462 e. The van der Waals surface area contributed by atoms with Crippen LogP contribution >= 0.6 is 0 Å². The Bertz CT molecular complexity index is 1220. The van der Waals surface area contributed by atoms with Crippen molar-refractivity contribution in [2.24, 2.45) is 0 Å². The van der Waals surface area contributed by atoms with Crippen LogP contribution in [0, 0.1) is 0 Å². The number of aliphatic hydroxyl groups excluding tert-OH is 7. The van der Waals surface area contributed by atoms with Crippen LogP contribution in [0.25, 0.3) is 0 Å². The van der Waals surface area contributed by atoms with Crippen molar-refractivity contribution in [3.63, 3.8) is 0 Å². The molecule has 11 unspecified atom stereocenters. The van der Waals surface area contributed by atoms with Gasteiger partial charge in [0.1, 0.15) is 55.4 Å². The molecule has 0 aromatic rings. The van der Waals surface area contributed by atoms with Gasteiger partial charge in [0.05, 0.1) is 19.8 Å². The van der Waals surface area contributed by atoms with Gasteiger partial charge in [-0.15, -0.1) is 0 Å². The van der Waals surface area contributed by atoms with Gasteiger partial charge in [-0.3, -0.25) is 9.59 Å². The summed E-state index contributed by atoms with van der Waals surface area (Å²) in [5.41, 5.74) is 0. The van der Waals surface area contributed by atoms with E-state index >= 15 is 0 Å². The number of esters is 2. The molecular formula is C44H74O15. The minimum Gasteiger partial charge on any atom is -0.462 e. The monoisotopic (exact) mass is 843 g/mol. The third-order valence-corrected chi connectivity index (χ3v) is 10.1. The van der Waals surface area contributed by atoms with Crippen LogP contribution in [0.2, 0.25) is 0 Å². The minimum absolute atomic E-state index is 0.0961. The van der Waals surface area contributed by atoms with Crippen LogP contribution in [0.1, 0.15) is 123 Å². The van der Waals surface area contributed by atoms with E-state index in [-0.39, 0.29) is 19.4 Å². The first-order valence-electron chi connectivity index (χ1n) is 21.7. The van der Waals surface area contributed by atoms with E-state index in [1.54, 1.807) is 6.92 Å². The first-order valence-corrected chi connectivity index (χ1v) is 21.7. The van der Waals surface area contributed by atoms with Crippen LogP contribution in [-0.4, -0.2) is 142 Å². The summed E-state index contributed by atoms with van der Waals surface area (Å²) in [5.74, 6) is -1.03. The Morgan fingerprint density at radius 2 is 1.05 bits per heavy atom. The van der Waals surface area contributed by atoms with Crippen LogP contribution in [0.5, 0.6) is 0 Å². The molecule has 0 aromatic carbocycles. The summed E-state index contributed by atoms with van der Waals surface area (Å²) < 4.78 is 32.7. The average Bonchev–Trinajstić information content (AvgIpc) is 3.23. The predicted octanol–water partition coefficient (Wildman–Crippen LogP) is 3.98. The molecule has 7 N–H and O–H groups in total. The molecule has 2 heterocycles. The molecule has 2 aliphatic rings. The van der Waals surface area contributed by atoms with Crippen LogP contribution in [-0.2, 0) is 38.0 Å². The molecule has 340 valence electrons. The normalized spacial score (nSPS) is 28.3. The molecule has 0 aromatic heterocycles. The summed E-state index contributed by atoms with van der Waals surface area (Å²) >= 11 is 0. The average molecular weight is 843 g/mol. The Kier molecular flexibility index (Phi) is 28.7. The fraction of sp³-hybridized carbons (Fsp3) is 0.773. The van der Waals surface area contributed by atoms with Crippen LogP contribution in [0.3, 0.4) is 0 Å². The zero-order chi connectivity index (χ0) is 43.3. The number of carbonyl (C=O) groups is 2. The van der Waals surface area contributed by atoms with E-state index in [1.807, 2.05) is 0 Å². The van der Waals surface area contributed by atoms with Crippen LogP contribution in [0.15, 0.2) is 48.6 Å². The third kappa shape index (κ3) is 21.7. The molecule has 0 amide bonds. The fourth-order valence-electron chi connectivity index (χ4n) is 6.48. The molecular weight excluding hydrogens is 768 g/mol. The van der Waals surface area contributed by atoms with E-state index in [9.17, 15) is 45.3 Å². The Balaban J connectivity index is 1.63. The maximum absolute atomic E-state index is 12.7. The summed E-state index contributed by atoms with van der Waals surface area (Å²) in [6.07, 6.45) is 17.2. The van der Waals surface area contributed by atoms with Gasteiger partial charge in [-0.05, 0) is 44.9 Å². The van der Waals surface area contributed by atoms with Crippen molar-refractivity contribution >= 4 is 11.9 Å². The number of hydrogen-bond donors (Lipinski definition) is 7. The van der Waals surface area contributed by atoms with E-state index in [1.165, 1.54) is 32.1 Å². The molecule has 2 saturated heterocycles. The highest BCUT2D eigenvalue weighted by atomic mass is 16.7. The summed E-state index contributed by atoms with van der Waals surface area (Å²) in [6, 6.07) is 0. The first-order chi connectivity index (χ1) is 28.5. The van der Waals surface area contributed by atoms with Crippen molar-refractivity contribution in [2.75, 3.05) is 26.4 Å². The van der Waals surface area contributed by atoms with E-state index in [0.29, 0.717) is 6.42 Å². The Hall–Kier alpha value is -2.54. The lowest BCUT2D eigenvalue weighted by Crippen LogP contribution is -2.61. The van der Waals surface area contributed by atoms with Crippen molar-refractivity contribution in [1.82, 2.24) is 0 Å². The fourth-order valence-corrected chi connectivity index (χ4v) is 6.48. The number of hydrogen-bond acceptors (Lipinski definition) is 15. The number of aliphatic hydroxyl groups is 7. The standard InChI is InChI=1S/C44H74O15/c1-3-5-6-7-8-9-10-11-12-13-14-15-16-17-18-19-20-21-22-23-24-25-26-27-36(47)57-32(29-54-35(46)4-2)30-55-43-42(53)40(51)38(49)34(59-43)31-56-44-41(52)39(50)37(48)33(28-45)58-44/h5-6,8-9,11-12,14-15,32-34,37-45,48-53H,3-4,7,10,13,16-31H2,1-2H3/b6-5-,9-8-,12-11-,15-14-. The van der Waals surface area contributed by atoms with Crippen LogP contribution in [0.4, 0.5) is 0 Å². The maximum atomic E-state index is 12.7. The second kappa shape index (κ2) is 32.2. The van der Waals surface area contributed by atoms with Gasteiger partial charge < -0.3 is 64.2 Å². The topological polar surface area (TPSA) is 231 Å². The molecule has 11 atom stereocenters. The molecule has 0 saturated carbocycles. The van der Waals surface area contributed by atoms with Crippen molar-refractivity contribution in [2.45, 2.75) is 191 Å². The van der Waals surface area contributed by atoms with Gasteiger partial charge in [0.2, 0.25) is 0 Å². The summed E-state index contributed by atoms with van der Waals surface area (Å²) in [7, 11) is 0. The van der Waals surface area contributed by atoms with E-state index in [4.69, 9.17) is 28.4 Å². The van der Waals surface area contributed by atoms with Crippen molar-refractivity contribution in [3.05, 3.63) is 48.6 Å². The number of carbonyl (C=O) groups excluding carboxylic acids is 2. The molecule has 15 nitrogen and oxygen atoms in total. The number of rotatable bonds is 31. The van der Waals surface area contributed by atoms with E-state index in [2.05, 4.69) is 55.5 Å². The SMILES string of the molecule is CC/C=C\C/C=C\C/C=C\C/C=C\CCCCCCCCCCCCC(=O)OC(COC(=O)CC)COC1OC(COC2OC(CO)C(O)C(O)C2O)C(O)C(O)C1O. The summed E-state index contributed by atoms with van der Waals surface area (Å²) in [5, 5.41) is 71.2. The molecule has 0 bridgehead atoms. The molecule has 59 heavy (non-hydrogen) atoms. The highest BCUT2D eigenvalue weighted by Crippen LogP contribution is 2.26. The van der Waals surface area contributed by atoms with Gasteiger partial charge in [0, 0.05) is 12.8 Å². The Morgan fingerprint density at radius 3 is 1.61 bits per heavy atom. The summed E-state index contributed by atoms with van der Waals surface area (Å²) in [4.78, 5) is 24.6. The van der Waals surface area contributed by atoms with E-state index in [0.717, 1.165) is 57.8 Å². The molecule has 2 fully saturated rings. The molecule has 2 rings (SSSR count). The van der Waals surface area contributed by atoms with Crippen molar-refractivity contribution in [1.29, 1.82) is 0 Å². The van der Waals surface area contributed by atoms with E-state index < -0.39 is 99.3 Å². The summed E-state index contributed by atoms with van der Waals surface area (Å²) in [6.45, 7) is 1.83. The number of ether oxygens (including phenoxy) is 6. The lowest BCUT2D eigenvalue weighted by Gasteiger charge is -2.42. The zero-order valence-corrected chi connectivity index (χ0v) is 35.2. The smallest absolute Gasteiger partial charge is 0.306 e. The molecule has 0 radical (unpaired) electrons. The Morgan fingerprint density at radius 1 is 0.559 bits per heavy atom. The van der Waals surface area contributed by atoms with Gasteiger partial charge in [0.15, 0.2) is 18.7 Å². The van der Waals surface area contributed by atoms with Gasteiger partial charge in [-0.25, -0.2) is 0 Å². The quantitative estimate of drug-likeness (QED) is 0.0297. The van der Waals surface area contributed by atoms with Crippen molar-refractivity contribution < 1.29 is 73.8 Å². The van der Waals surface area contributed by atoms with Gasteiger partial charge in [-0.1, -0.05) is 114 Å². The lowest BCUT2D eigenvalue weighted by molar-refractivity contribution is -0.332. The maximum Gasteiger partial charge on any atom is 0.306 e. The third-order valence-electron chi connectivity index (χ3n) is 10.1. The molecule has 0 spiro atoms. The van der Waals surface area contributed by atoms with Gasteiger partial charge in [0.25, 0.3) is 0 Å². The molecule has 15 heteroatoms. The predicted molar refractivity (Wildman–Crippen MR) is 220 cm³/mol. The van der Waals surface area contributed by atoms with Gasteiger partial charge >= 0.3 is 11.9 Å². The zero-order valence-electron chi connectivity index (χ0n) is 35.2. The van der Waals surface area contributed by atoms with Crippen LogP contribution < -0.4 is 0 Å². The molecule has 2 aliphatic heterocycles. The van der Waals surface area contributed by atoms with Crippen molar-refractivity contribution in [3.8, 4) is 0 Å². The lowest BCUT2D eigenvalue weighted by atomic mass is 9.98. The number of allylic oxidation sites excluding steroid dienone is 8. The second-order valence-electron chi connectivity index (χ2n) is 15.1. The highest BCUT2D eigenvalue weighted by molar-refractivity contribution is 5.70. The second-order valence-corrected chi connectivity index (χ2v) is 15.1. The molecule has 0 aliphatic carbocycles. The first kappa shape index (κ1) is 52.6. The van der Waals surface area contributed by atoms with Gasteiger partial charge in [-0.2, -0.15) is 0 Å². The number of unbranched alkanes of at least 4 members (excludes halogenated alkanes) is 10. The highest BCUT2D eigenvalue weighted by Gasteiger charge is 2.47. The Labute approximate surface area is 350 Å². The minimum atomic E-state index is -1.76.